The van der Waals surface area contributed by atoms with Crippen LogP contribution in [0.3, 0.4) is 0 Å². The van der Waals surface area contributed by atoms with E-state index < -0.39 is 12.2 Å². The molecule has 140 valence electrons. The number of hydrogen-bond donors (Lipinski definition) is 0. The van der Waals surface area contributed by atoms with Gasteiger partial charge in [0, 0.05) is 48.6 Å². The Labute approximate surface area is 167 Å². The van der Waals surface area contributed by atoms with E-state index in [0.29, 0.717) is 0 Å². The van der Waals surface area contributed by atoms with Gasteiger partial charge >= 0.3 is 12.2 Å². The molecule has 2 saturated heterocycles. The summed E-state index contributed by atoms with van der Waals surface area (Å²) in [5.74, 6) is 5.55. The highest BCUT2D eigenvalue weighted by Gasteiger charge is 2.20. The van der Waals surface area contributed by atoms with Crippen molar-refractivity contribution in [1.82, 2.24) is 8.61 Å². The average Bonchev–Trinajstić information content (AvgIpc) is 2.65. The fourth-order valence-electron chi connectivity index (χ4n) is 1.49. The van der Waals surface area contributed by atoms with Crippen molar-refractivity contribution in [2.45, 2.75) is 0 Å². The first-order valence-corrected chi connectivity index (χ1v) is 12.2. The third-order valence-corrected chi connectivity index (χ3v) is 8.19. The van der Waals surface area contributed by atoms with Gasteiger partial charge in [0.1, 0.15) is 10.1 Å². The SMILES string of the molecule is CN(SN(C)C(=O)ON=C1CSCCS1)C(=O)ON=C1CSCCS1. The minimum Gasteiger partial charge on any atom is -0.296 e. The molecule has 0 saturated carbocycles. The quantitative estimate of drug-likeness (QED) is 0.370. The summed E-state index contributed by atoms with van der Waals surface area (Å²) in [5, 5.41) is 9.27. The molecule has 0 aromatic rings. The molecule has 8 nitrogen and oxygen atoms in total. The molecular weight excluding hydrogens is 424 g/mol. The van der Waals surface area contributed by atoms with Crippen molar-refractivity contribution in [3.63, 3.8) is 0 Å². The monoisotopic (exact) mass is 442 g/mol. The average molecular weight is 443 g/mol. The Bertz CT molecular complexity index is 486. The van der Waals surface area contributed by atoms with E-state index >= 15 is 0 Å². The highest BCUT2D eigenvalue weighted by molar-refractivity contribution is 8.18. The third-order valence-electron chi connectivity index (χ3n) is 2.65. The summed E-state index contributed by atoms with van der Waals surface area (Å²) < 4.78 is 2.31. The lowest BCUT2D eigenvalue weighted by molar-refractivity contribution is 0.131. The Hall–Kier alpha value is -0.370. The predicted molar refractivity (Wildman–Crippen MR) is 111 cm³/mol. The van der Waals surface area contributed by atoms with E-state index in [2.05, 4.69) is 10.3 Å². The zero-order valence-electron chi connectivity index (χ0n) is 13.7. The summed E-state index contributed by atoms with van der Waals surface area (Å²) in [6.07, 6.45) is -1.34. The minimum atomic E-state index is -0.668. The van der Waals surface area contributed by atoms with Gasteiger partial charge in [0.25, 0.3) is 0 Å². The van der Waals surface area contributed by atoms with Crippen LogP contribution in [0.2, 0.25) is 0 Å². The molecular formula is C12H18N4O4S5. The first-order chi connectivity index (χ1) is 12.1. The maximum Gasteiger partial charge on any atom is 0.447 e. The van der Waals surface area contributed by atoms with Gasteiger partial charge in [-0.2, -0.15) is 23.5 Å². The fraction of sp³-hybridized carbons (Fsp3) is 0.667. The van der Waals surface area contributed by atoms with Crippen molar-refractivity contribution in [2.75, 3.05) is 48.6 Å². The number of carbonyl (C=O) groups is 2. The van der Waals surface area contributed by atoms with Crippen LogP contribution in [-0.4, -0.2) is 79.5 Å². The lowest BCUT2D eigenvalue weighted by atomic mass is 10.9. The summed E-state index contributed by atoms with van der Waals surface area (Å²) in [5.41, 5.74) is 0. The normalized spacial score (nSPS) is 21.0. The van der Waals surface area contributed by atoms with Gasteiger partial charge in [-0.15, -0.1) is 23.5 Å². The smallest absolute Gasteiger partial charge is 0.296 e. The van der Waals surface area contributed by atoms with Crippen LogP contribution in [0, 0.1) is 0 Å². The summed E-state index contributed by atoms with van der Waals surface area (Å²) in [4.78, 5) is 33.6. The Kier molecular flexibility index (Phi) is 9.52. The Morgan fingerprint density at radius 1 is 0.880 bits per heavy atom. The molecule has 0 unspecified atom stereocenters. The maximum absolute atomic E-state index is 11.9. The molecule has 2 fully saturated rings. The molecule has 2 aliphatic heterocycles. The Balaban J connectivity index is 1.72. The molecule has 0 radical (unpaired) electrons. The van der Waals surface area contributed by atoms with E-state index in [0.717, 1.165) is 65.3 Å². The minimum absolute atomic E-state index is 0.668. The number of nitrogens with zero attached hydrogens (tertiary/aromatic N) is 4. The van der Waals surface area contributed by atoms with Crippen molar-refractivity contribution in [2.24, 2.45) is 10.3 Å². The molecule has 0 spiro atoms. The molecule has 0 atom stereocenters. The first-order valence-electron chi connectivity index (χ1n) is 7.18. The van der Waals surface area contributed by atoms with Gasteiger partial charge in [-0.1, -0.05) is 10.3 Å². The zero-order chi connectivity index (χ0) is 18.1. The second kappa shape index (κ2) is 11.4. The summed E-state index contributed by atoms with van der Waals surface area (Å²) in [6.45, 7) is 0. The van der Waals surface area contributed by atoms with Gasteiger partial charge in [0.05, 0.1) is 12.1 Å². The van der Waals surface area contributed by atoms with Crippen molar-refractivity contribution >= 4 is 81.5 Å². The summed E-state index contributed by atoms with van der Waals surface area (Å²) >= 11 is 7.50. The molecule has 2 heterocycles. The zero-order valence-corrected chi connectivity index (χ0v) is 17.8. The van der Waals surface area contributed by atoms with E-state index in [4.69, 9.17) is 9.68 Å². The third kappa shape index (κ3) is 7.81. The number of hydrogen-bond acceptors (Lipinski definition) is 11. The van der Waals surface area contributed by atoms with Crippen molar-refractivity contribution in [3.05, 3.63) is 0 Å². The van der Waals surface area contributed by atoms with Crippen LogP contribution in [0.4, 0.5) is 9.59 Å². The molecule has 2 rings (SSSR count). The molecule has 2 aliphatic rings. The van der Waals surface area contributed by atoms with Crippen LogP contribution < -0.4 is 0 Å². The molecule has 2 amide bonds. The van der Waals surface area contributed by atoms with Gasteiger partial charge in [-0.05, 0) is 0 Å². The Morgan fingerprint density at radius 3 is 1.68 bits per heavy atom. The van der Waals surface area contributed by atoms with Crippen LogP contribution >= 0.6 is 59.2 Å². The van der Waals surface area contributed by atoms with Crippen molar-refractivity contribution < 1.29 is 19.3 Å². The second-order valence-electron chi connectivity index (χ2n) is 4.56. The Morgan fingerprint density at radius 2 is 1.32 bits per heavy atom. The largest absolute Gasteiger partial charge is 0.447 e. The van der Waals surface area contributed by atoms with Gasteiger partial charge < -0.3 is 0 Å². The maximum atomic E-state index is 11.9. The molecule has 0 N–H and O–H groups in total. The number of carbonyl (C=O) groups excluding carboxylic acids is 2. The van der Waals surface area contributed by atoms with Crippen LogP contribution in [0.15, 0.2) is 10.3 Å². The van der Waals surface area contributed by atoms with Gasteiger partial charge in [0.2, 0.25) is 0 Å². The van der Waals surface area contributed by atoms with Crippen LogP contribution in [0.25, 0.3) is 0 Å². The van der Waals surface area contributed by atoms with Gasteiger partial charge in [-0.25, -0.2) is 18.2 Å². The molecule has 25 heavy (non-hydrogen) atoms. The molecule has 0 aromatic heterocycles. The first kappa shape index (κ1) is 20.9. The highest BCUT2D eigenvalue weighted by atomic mass is 32.2. The van der Waals surface area contributed by atoms with Crippen molar-refractivity contribution in [3.8, 4) is 0 Å². The predicted octanol–water partition coefficient (Wildman–Crippen LogP) is 3.27. The number of amides is 2. The number of thioether (sulfide) groups is 4. The van der Waals surface area contributed by atoms with Crippen LogP contribution in [0.5, 0.6) is 0 Å². The van der Waals surface area contributed by atoms with E-state index in [1.807, 2.05) is 0 Å². The molecule has 13 heteroatoms. The molecule has 0 aliphatic carbocycles. The second-order valence-corrected chi connectivity index (χ2v) is 10.4. The van der Waals surface area contributed by atoms with Crippen molar-refractivity contribution in [1.29, 1.82) is 0 Å². The lowest BCUT2D eigenvalue weighted by Crippen LogP contribution is -2.29. The highest BCUT2D eigenvalue weighted by Crippen LogP contribution is 2.21. The van der Waals surface area contributed by atoms with Crippen LogP contribution in [0.1, 0.15) is 0 Å². The summed E-state index contributed by atoms with van der Waals surface area (Å²) in [6, 6.07) is 0. The van der Waals surface area contributed by atoms with Gasteiger partial charge in [-0.3, -0.25) is 9.68 Å². The standard InChI is InChI=1S/C12H18N4O4S5/c1-15(11(17)19-13-9-7-21-3-5-23-9)25-16(2)12(18)20-14-10-8-22-4-6-24-10/h3-8H2,1-2H3. The van der Waals surface area contributed by atoms with E-state index in [1.165, 1.54) is 14.1 Å². The molecule has 0 aromatic carbocycles. The topological polar surface area (TPSA) is 83.8 Å². The number of rotatable bonds is 4. The van der Waals surface area contributed by atoms with Crippen LogP contribution in [-0.2, 0) is 9.68 Å². The molecule has 0 bridgehead atoms. The fourth-order valence-corrected chi connectivity index (χ4v) is 6.23. The summed E-state index contributed by atoms with van der Waals surface area (Å²) in [7, 11) is 2.97. The number of oxime groups is 2. The van der Waals surface area contributed by atoms with Gasteiger partial charge in [0.15, 0.2) is 0 Å². The lowest BCUT2D eigenvalue weighted by Gasteiger charge is -2.19. The van der Waals surface area contributed by atoms with E-state index in [1.54, 1.807) is 47.0 Å². The van der Waals surface area contributed by atoms with E-state index in [-0.39, 0.29) is 0 Å². The van der Waals surface area contributed by atoms with E-state index in [9.17, 15) is 9.59 Å².